The first-order valence-electron chi connectivity index (χ1n) is 4.79. The summed E-state index contributed by atoms with van der Waals surface area (Å²) in [5.74, 6) is -0.255. The monoisotopic (exact) mass is 246 g/mol. The summed E-state index contributed by atoms with van der Waals surface area (Å²) in [5.41, 5.74) is 5.90. The molecule has 0 aromatic carbocycles. The third kappa shape index (κ3) is 2.54. The van der Waals surface area contributed by atoms with Gasteiger partial charge in [-0.25, -0.2) is 9.97 Å². The van der Waals surface area contributed by atoms with Crippen LogP contribution in [-0.2, 0) is 0 Å². The Labute approximate surface area is 102 Å². The van der Waals surface area contributed by atoms with E-state index in [0.29, 0.717) is 15.5 Å². The van der Waals surface area contributed by atoms with E-state index in [-0.39, 0.29) is 11.7 Å². The molecule has 0 spiro atoms. The highest BCUT2D eigenvalue weighted by Gasteiger charge is 2.13. The van der Waals surface area contributed by atoms with Crippen LogP contribution < -0.4 is 5.73 Å². The molecule has 0 aliphatic rings. The van der Waals surface area contributed by atoms with Crippen LogP contribution in [0, 0.1) is 5.41 Å². The van der Waals surface area contributed by atoms with Crippen LogP contribution >= 0.6 is 11.8 Å². The van der Waals surface area contributed by atoms with Gasteiger partial charge >= 0.3 is 0 Å². The maximum absolute atomic E-state index is 9.69. The molecule has 2 aromatic rings. The molecule has 2 heterocycles. The zero-order valence-electron chi connectivity index (χ0n) is 8.79. The molecule has 17 heavy (non-hydrogen) atoms. The van der Waals surface area contributed by atoms with Crippen molar-refractivity contribution >= 4 is 17.6 Å². The van der Waals surface area contributed by atoms with Crippen LogP contribution in [0.1, 0.15) is 5.56 Å². The lowest BCUT2D eigenvalue weighted by Crippen LogP contribution is -2.12. The Balaban J connectivity index is 2.41. The molecule has 0 aliphatic carbocycles. The van der Waals surface area contributed by atoms with Crippen molar-refractivity contribution in [3.63, 3.8) is 0 Å². The van der Waals surface area contributed by atoms with Crippen LogP contribution in [0.25, 0.3) is 0 Å². The van der Waals surface area contributed by atoms with Gasteiger partial charge in [-0.3, -0.25) is 5.41 Å². The first-order chi connectivity index (χ1) is 8.18. The smallest absolute Gasteiger partial charge is 0.226 e. The van der Waals surface area contributed by atoms with E-state index >= 15 is 0 Å². The molecule has 4 N–H and O–H groups in total. The molecule has 0 fully saturated rings. The number of nitrogens with two attached hydrogens (primary N) is 1. The van der Waals surface area contributed by atoms with Crippen LogP contribution in [0.5, 0.6) is 5.88 Å². The Hall–Kier alpha value is -2.08. The average Bonchev–Trinajstić information content (AvgIpc) is 2.33. The quantitative estimate of drug-likeness (QED) is 0.565. The number of nitrogens with zero attached hydrogens (tertiary/aromatic N) is 2. The molecule has 86 valence electrons. The summed E-state index contributed by atoms with van der Waals surface area (Å²) < 4.78 is 0. The molecule has 5 nitrogen and oxygen atoms in total. The summed E-state index contributed by atoms with van der Waals surface area (Å²) >= 11 is 1.22. The average molecular weight is 246 g/mol. The van der Waals surface area contributed by atoms with Crippen molar-refractivity contribution in [2.75, 3.05) is 0 Å². The molecule has 0 amide bonds. The lowest BCUT2D eigenvalue weighted by atomic mass is 10.2. The second-order valence-electron chi connectivity index (χ2n) is 3.19. The van der Waals surface area contributed by atoms with Gasteiger partial charge in [0.1, 0.15) is 10.9 Å². The number of aromatic hydroxyl groups is 1. The van der Waals surface area contributed by atoms with Crippen molar-refractivity contribution in [1.29, 1.82) is 5.41 Å². The maximum Gasteiger partial charge on any atom is 0.226 e. The largest absolute Gasteiger partial charge is 0.492 e. The highest BCUT2D eigenvalue weighted by atomic mass is 32.2. The van der Waals surface area contributed by atoms with Crippen molar-refractivity contribution in [2.24, 2.45) is 5.73 Å². The Kier molecular flexibility index (Phi) is 3.24. The lowest BCUT2D eigenvalue weighted by Gasteiger charge is -2.07. The van der Waals surface area contributed by atoms with E-state index in [1.54, 1.807) is 24.4 Å². The fourth-order valence-corrected chi connectivity index (χ4v) is 2.16. The van der Waals surface area contributed by atoms with Crippen molar-refractivity contribution in [3.05, 3.63) is 42.2 Å². The number of rotatable bonds is 3. The molecule has 0 saturated heterocycles. The molecule has 0 atom stereocenters. The zero-order valence-corrected chi connectivity index (χ0v) is 9.61. The summed E-state index contributed by atoms with van der Waals surface area (Å²) in [5, 5.41) is 17.8. The second kappa shape index (κ2) is 4.84. The van der Waals surface area contributed by atoms with Gasteiger partial charge in [-0.05, 0) is 18.2 Å². The van der Waals surface area contributed by atoms with E-state index in [0.717, 1.165) is 0 Å². The second-order valence-corrected chi connectivity index (χ2v) is 4.23. The summed E-state index contributed by atoms with van der Waals surface area (Å²) in [6, 6.07) is 7.05. The number of hydrogen-bond acceptors (Lipinski definition) is 5. The Morgan fingerprint density at radius 3 is 2.71 bits per heavy atom. The van der Waals surface area contributed by atoms with E-state index in [1.165, 1.54) is 18.0 Å². The zero-order chi connectivity index (χ0) is 12.3. The van der Waals surface area contributed by atoms with Crippen molar-refractivity contribution in [1.82, 2.24) is 9.97 Å². The molecule has 0 bridgehead atoms. The third-order valence-corrected chi connectivity index (χ3v) is 3.08. The van der Waals surface area contributed by atoms with Crippen molar-refractivity contribution in [3.8, 4) is 5.88 Å². The van der Waals surface area contributed by atoms with E-state index in [9.17, 15) is 5.11 Å². The van der Waals surface area contributed by atoms with Crippen molar-refractivity contribution in [2.45, 2.75) is 9.92 Å². The van der Waals surface area contributed by atoms with Gasteiger partial charge in [0, 0.05) is 18.0 Å². The minimum atomic E-state index is -0.145. The van der Waals surface area contributed by atoms with Crippen LogP contribution in [0.15, 0.2) is 46.6 Å². The third-order valence-electron chi connectivity index (χ3n) is 2.02. The molecule has 2 aromatic heterocycles. The minimum absolute atomic E-state index is 0.110. The van der Waals surface area contributed by atoms with Crippen LogP contribution in [0.3, 0.4) is 0 Å². The number of amidine groups is 1. The summed E-state index contributed by atoms with van der Waals surface area (Å²) in [6.45, 7) is 0. The summed E-state index contributed by atoms with van der Waals surface area (Å²) in [7, 11) is 0. The fourth-order valence-electron chi connectivity index (χ4n) is 1.26. The van der Waals surface area contributed by atoms with Gasteiger partial charge in [0.2, 0.25) is 5.88 Å². The number of aromatic nitrogens is 2. The predicted molar refractivity (Wildman–Crippen MR) is 65.3 cm³/mol. The van der Waals surface area contributed by atoms with Crippen LogP contribution in [0.2, 0.25) is 0 Å². The molecule has 0 saturated carbocycles. The van der Waals surface area contributed by atoms with Gasteiger partial charge in [-0.2, -0.15) is 0 Å². The van der Waals surface area contributed by atoms with Gasteiger partial charge < -0.3 is 10.8 Å². The Morgan fingerprint density at radius 2 is 2.06 bits per heavy atom. The first kappa shape index (κ1) is 11.4. The Bertz CT molecular complexity index is 544. The van der Waals surface area contributed by atoms with Gasteiger partial charge in [-0.15, -0.1) is 0 Å². The Morgan fingerprint density at radius 1 is 1.24 bits per heavy atom. The molecular formula is C11H10N4OS. The molecule has 0 radical (unpaired) electrons. The van der Waals surface area contributed by atoms with Gasteiger partial charge in [0.15, 0.2) is 0 Å². The normalized spacial score (nSPS) is 10.1. The summed E-state index contributed by atoms with van der Waals surface area (Å²) in [4.78, 5) is 8.34. The van der Waals surface area contributed by atoms with Gasteiger partial charge in [0.25, 0.3) is 0 Å². The summed E-state index contributed by atoms with van der Waals surface area (Å²) in [6.07, 6.45) is 3.07. The number of pyridine rings is 2. The number of nitrogen functional groups attached to an aromatic ring is 1. The highest BCUT2D eigenvalue weighted by molar-refractivity contribution is 7.99. The van der Waals surface area contributed by atoms with E-state index < -0.39 is 0 Å². The number of nitrogens with one attached hydrogen (secondary N) is 1. The fraction of sp³-hybridized carbons (Fsp3) is 0. The van der Waals surface area contributed by atoms with Crippen LogP contribution in [0.4, 0.5) is 0 Å². The molecular weight excluding hydrogens is 236 g/mol. The standard InChI is InChI=1S/C11H10N4OS/c12-10(13)7-4-6-15-11(16)9(7)17-8-3-1-2-5-14-8/h1-6H,(H3,12,13)(H,15,16). The van der Waals surface area contributed by atoms with E-state index in [4.69, 9.17) is 11.1 Å². The van der Waals surface area contributed by atoms with Crippen LogP contribution in [-0.4, -0.2) is 20.9 Å². The lowest BCUT2D eigenvalue weighted by molar-refractivity contribution is 0.439. The molecule has 0 aliphatic heterocycles. The molecule has 6 heteroatoms. The maximum atomic E-state index is 9.69. The van der Waals surface area contributed by atoms with Crippen molar-refractivity contribution < 1.29 is 5.11 Å². The van der Waals surface area contributed by atoms with E-state index in [1.807, 2.05) is 6.07 Å². The van der Waals surface area contributed by atoms with Gasteiger partial charge in [-0.1, -0.05) is 17.8 Å². The molecule has 0 unspecified atom stereocenters. The topological polar surface area (TPSA) is 95.9 Å². The SMILES string of the molecule is N=C(N)c1ccnc(O)c1Sc1ccccn1. The first-order valence-corrected chi connectivity index (χ1v) is 5.61. The number of hydrogen-bond donors (Lipinski definition) is 3. The van der Waals surface area contributed by atoms with E-state index in [2.05, 4.69) is 9.97 Å². The molecule has 2 rings (SSSR count). The van der Waals surface area contributed by atoms with Gasteiger partial charge in [0.05, 0.1) is 4.90 Å². The predicted octanol–water partition coefficient (Wildman–Crippen LogP) is 1.62. The minimum Gasteiger partial charge on any atom is -0.492 e. The highest BCUT2D eigenvalue weighted by Crippen LogP contribution is 2.34.